The van der Waals surface area contributed by atoms with Gasteiger partial charge in [-0.15, -0.1) is 0 Å². The Morgan fingerprint density at radius 2 is 1.89 bits per heavy atom. The Morgan fingerprint density at radius 1 is 1.28 bits per heavy atom. The van der Waals surface area contributed by atoms with Gasteiger partial charge in [-0.05, 0) is 26.3 Å². The smallest absolute Gasteiger partial charge is 0.410 e. The first-order valence-electron chi connectivity index (χ1n) is 5.74. The van der Waals surface area contributed by atoms with Crippen LogP contribution in [0.4, 0.5) is 4.79 Å². The third-order valence-corrected chi connectivity index (χ3v) is 2.21. The van der Waals surface area contributed by atoms with Crippen LogP contribution in [0.3, 0.4) is 0 Å². The van der Waals surface area contributed by atoms with Crippen LogP contribution in [0, 0.1) is 0 Å². The lowest BCUT2D eigenvalue weighted by Gasteiger charge is -2.35. The van der Waals surface area contributed by atoms with Crippen LogP contribution in [0.1, 0.15) is 20.8 Å². The lowest BCUT2D eigenvalue weighted by atomic mass is 10.1. The second-order valence-corrected chi connectivity index (χ2v) is 5.04. The molecule has 0 aliphatic carbocycles. The van der Waals surface area contributed by atoms with Crippen LogP contribution in [0.15, 0.2) is 23.8 Å². The van der Waals surface area contributed by atoms with Gasteiger partial charge in [-0.3, -0.25) is 0 Å². The first-order valence-corrected chi connectivity index (χ1v) is 5.74. The minimum absolute atomic E-state index is 0.309. The van der Waals surface area contributed by atoms with Crippen LogP contribution in [0.25, 0.3) is 0 Å². The van der Waals surface area contributed by atoms with E-state index in [9.17, 15) is 9.59 Å². The Morgan fingerprint density at radius 3 is 2.39 bits per heavy atom. The molecule has 5 heteroatoms. The average Bonchev–Trinajstić information content (AvgIpc) is 2.17. The quantitative estimate of drug-likeness (QED) is 0.557. The molecule has 0 aromatic rings. The highest BCUT2D eigenvalue weighted by molar-refractivity contribution is 5.82. The van der Waals surface area contributed by atoms with Gasteiger partial charge in [0.15, 0.2) is 0 Å². The minimum atomic E-state index is -0.471. The molecular formula is C13H19NO4. The molecular weight excluding hydrogens is 234 g/mol. The Kier molecular flexibility index (Phi) is 4.53. The summed E-state index contributed by atoms with van der Waals surface area (Å²) in [5, 5.41) is 0. The third-order valence-electron chi connectivity index (χ3n) is 2.21. The van der Waals surface area contributed by atoms with Gasteiger partial charge in [0.05, 0.1) is 7.11 Å². The maximum atomic E-state index is 11.6. The fourth-order valence-corrected chi connectivity index (χ4v) is 1.34. The van der Waals surface area contributed by atoms with Crippen LogP contribution >= 0.6 is 0 Å². The molecule has 5 nitrogen and oxygen atoms in total. The van der Waals surface area contributed by atoms with Gasteiger partial charge in [-0.25, -0.2) is 9.59 Å². The van der Waals surface area contributed by atoms with E-state index < -0.39 is 11.6 Å². The molecule has 0 radical (unpaired) electrons. The van der Waals surface area contributed by atoms with Crippen molar-refractivity contribution in [2.75, 3.05) is 20.2 Å². The van der Waals surface area contributed by atoms with Crippen molar-refractivity contribution < 1.29 is 19.1 Å². The van der Waals surface area contributed by atoms with Crippen molar-refractivity contribution >= 4 is 12.1 Å². The highest BCUT2D eigenvalue weighted by Gasteiger charge is 2.28. The van der Waals surface area contributed by atoms with Gasteiger partial charge in [0, 0.05) is 19.2 Å². The van der Waals surface area contributed by atoms with Crippen molar-refractivity contribution in [3.8, 4) is 0 Å². The molecule has 1 saturated heterocycles. The molecule has 0 spiro atoms. The van der Waals surface area contributed by atoms with Crippen LogP contribution < -0.4 is 0 Å². The summed E-state index contributed by atoms with van der Waals surface area (Å²) in [7, 11) is 1.33. The number of amides is 1. The lowest BCUT2D eigenvalue weighted by molar-refractivity contribution is -0.134. The number of nitrogens with zero attached hydrogens (tertiary/aromatic N) is 1. The molecule has 0 aromatic heterocycles. The zero-order chi connectivity index (χ0) is 13.8. The SMILES string of the molecule is COC(=O)C=CC=C1CN(C(=O)OC(C)(C)C)C1. The molecule has 0 saturated carbocycles. The van der Waals surface area contributed by atoms with Gasteiger partial charge >= 0.3 is 12.1 Å². The summed E-state index contributed by atoms with van der Waals surface area (Å²) >= 11 is 0. The molecule has 1 aliphatic heterocycles. The standard InChI is InChI=1S/C13H19NO4/c1-13(2,3)18-12(16)14-8-10(9-14)6-5-7-11(15)17-4/h5-7H,8-9H2,1-4H3. The number of esters is 1. The Bertz CT molecular complexity index is 382. The van der Waals surface area contributed by atoms with E-state index in [1.807, 2.05) is 20.8 Å². The monoisotopic (exact) mass is 253 g/mol. The Hall–Kier alpha value is -1.78. The van der Waals surface area contributed by atoms with E-state index in [-0.39, 0.29) is 6.09 Å². The molecule has 1 aliphatic rings. The molecule has 1 fully saturated rings. The van der Waals surface area contributed by atoms with E-state index in [1.54, 1.807) is 17.1 Å². The van der Waals surface area contributed by atoms with Crippen molar-refractivity contribution in [3.63, 3.8) is 0 Å². The average molecular weight is 253 g/mol. The predicted octanol–water partition coefficient (Wildman–Crippen LogP) is 1.89. The lowest BCUT2D eigenvalue weighted by Crippen LogP contribution is -2.46. The molecule has 1 rings (SSSR count). The zero-order valence-electron chi connectivity index (χ0n) is 11.2. The fourth-order valence-electron chi connectivity index (χ4n) is 1.34. The molecule has 18 heavy (non-hydrogen) atoms. The van der Waals surface area contributed by atoms with Crippen molar-refractivity contribution in [2.45, 2.75) is 26.4 Å². The summed E-state index contributed by atoms with van der Waals surface area (Å²) in [6, 6.07) is 0. The van der Waals surface area contributed by atoms with Crippen molar-refractivity contribution in [3.05, 3.63) is 23.8 Å². The van der Waals surface area contributed by atoms with Crippen LogP contribution in [-0.2, 0) is 14.3 Å². The number of allylic oxidation sites excluding steroid dienone is 2. The van der Waals surface area contributed by atoms with E-state index in [0.29, 0.717) is 13.1 Å². The molecule has 0 atom stereocenters. The topological polar surface area (TPSA) is 55.8 Å². The second-order valence-electron chi connectivity index (χ2n) is 5.04. The van der Waals surface area contributed by atoms with Crippen molar-refractivity contribution in [1.82, 2.24) is 4.90 Å². The summed E-state index contributed by atoms with van der Waals surface area (Å²) in [6.45, 7) is 6.59. The molecule has 100 valence electrons. The second kappa shape index (κ2) is 5.71. The summed E-state index contributed by atoms with van der Waals surface area (Å²) in [5.41, 5.74) is 0.599. The predicted molar refractivity (Wildman–Crippen MR) is 67.0 cm³/mol. The largest absolute Gasteiger partial charge is 0.466 e. The summed E-state index contributed by atoms with van der Waals surface area (Å²) in [5.74, 6) is -0.393. The molecule has 0 unspecified atom stereocenters. The maximum absolute atomic E-state index is 11.6. The van der Waals surface area contributed by atoms with E-state index in [0.717, 1.165) is 5.57 Å². The molecule has 1 amide bonds. The van der Waals surface area contributed by atoms with Crippen molar-refractivity contribution in [2.24, 2.45) is 0 Å². The molecule has 0 bridgehead atoms. The van der Waals surface area contributed by atoms with Crippen LogP contribution in [0.2, 0.25) is 0 Å². The minimum Gasteiger partial charge on any atom is -0.466 e. The maximum Gasteiger partial charge on any atom is 0.410 e. The highest BCUT2D eigenvalue weighted by atomic mass is 16.6. The summed E-state index contributed by atoms with van der Waals surface area (Å²) in [4.78, 5) is 24.0. The Labute approximate surface area is 107 Å². The molecule has 0 N–H and O–H groups in total. The number of ether oxygens (including phenoxy) is 2. The molecule has 1 heterocycles. The van der Waals surface area contributed by atoms with E-state index in [4.69, 9.17) is 4.74 Å². The van der Waals surface area contributed by atoms with Gasteiger partial charge in [0.1, 0.15) is 5.60 Å². The molecule has 0 aromatic carbocycles. The van der Waals surface area contributed by atoms with Gasteiger partial charge in [-0.2, -0.15) is 0 Å². The number of likely N-dealkylation sites (tertiary alicyclic amines) is 1. The number of hydrogen-bond donors (Lipinski definition) is 0. The number of carbonyl (C=O) groups excluding carboxylic acids is 2. The normalized spacial score (nSPS) is 15.3. The Balaban J connectivity index is 2.35. The number of carbonyl (C=O) groups is 2. The number of methoxy groups -OCH3 is 1. The van der Waals surface area contributed by atoms with E-state index in [1.165, 1.54) is 13.2 Å². The van der Waals surface area contributed by atoms with Gasteiger partial charge in [-0.1, -0.05) is 12.2 Å². The summed E-state index contributed by atoms with van der Waals surface area (Å²) < 4.78 is 9.68. The van der Waals surface area contributed by atoms with Crippen LogP contribution in [0.5, 0.6) is 0 Å². The van der Waals surface area contributed by atoms with Gasteiger partial charge in [0.25, 0.3) is 0 Å². The highest BCUT2D eigenvalue weighted by Crippen LogP contribution is 2.18. The fraction of sp³-hybridized carbons (Fsp3) is 0.538. The summed E-state index contributed by atoms with van der Waals surface area (Å²) in [6.07, 6.45) is 4.45. The van der Waals surface area contributed by atoms with Gasteiger partial charge < -0.3 is 14.4 Å². The number of hydrogen-bond acceptors (Lipinski definition) is 4. The van der Waals surface area contributed by atoms with Crippen molar-refractivity contribution in [1.29, 1.82) is 0 Å². The third kappa shape index (κ3) is 4.61. The van der Waals surface area contributed by atoms with E-state index >= 15 is 0 Å². The first kappa shape index (κ1) is 14.3. The first-order chi connectivity index (χ1) is 8.31. The van der Waals surface area contributed by atoms with Gasteiger partial charge in [0.2, 0.25) is 0 Å². The van der Waals surface area contributed by atoms with Crippen LogP contribution in [-0.4, -0.2) is 42.8 Å². The van der Waals surface area contributed by atoms with E-state index in [2.05, 4.69) is 4.74 Å². The number of rotatable bonds is 2. The zero-order valence-corrected chi connectivity index (χ0v) is 11.2.